The van der Waals surface area contributed by atoms with E-state index in [1.165, 1.54) is 0 Å². The van der Waals surface area contributed by atoms with Gasteiger partial charge in [0.05, 0.1) is 6.42 Å². The molecule has 1 heterocycles. The van der Waals surface area contributed by atoms with Crippen LogP contribution < -0.4 is 10.1 Å². The maximum Gasteiger partial charge on any atom is 0.254 e. The highest BCUT2D eigenvalue weighted by Crippen LogP contribution is 2.33. The molecule has 5 rings (SSSR count). The molecule has 4 aromatic carbocycles. The zero-order valence-electron chi connectivity index (χ0n) is 18.5. The minimum Gasteiger partial charge on any atom is -0.489 e. The fraction of sp³-hybridized carbons (Fsp3) is 0.0667. The number of benzene rings is 4. The van der Waals surface area contributed by atoms with Crippen molar-refractivity contribution in [3.63, 3.8) is 0 Å². The van der Waals surface area contributed by atoms with Crippen molar-refractivity contribution >= 4 is 17.9 Å². The number of ether oxygens (including phenoxy) is 1. The Labute approximate surface area is 198 Å². The Bertz CT molecular complexity index is 1370. The van der Waals surface area contributed by atoms with E-state index in [1.807, 2.05) is 78.9 Å². The van der Waals surface area contributed by atoms with E-state index in [-0.39, 0.29) is 18.2 Å². The van der Waals surface area contributed by atoms with Gasteiger partial charge in [-0.2, -0.15) is 0 Å². The van der Waals surface area contributed by atoms with Gasteiger partial charge >= 0.3 is 0 Å². The molecule has 0 bridgehead atoms. The van der Waals surface area contributed by atoms with E-state index in [4.69, 9.17) is 4.74 Å². The normalized spacial score (nSPS) is 14.3. The number of amides is 2. The maximum absolute atomic E-state index is 12.2. The average Bonchev–Trinajstić information content (AvgIpc) is 3.20. The predicted octanol–water partition coefficient (Wildman–Crippen LogP) is 6.03. The van der Waals surface area contributed by atoms with E-state index in [0.717, 1.165) is 39.1 Å². The van der Waals surface area contributed by atoms with E-state index < -0.39 is 0 Å². The first-order valence-electron chi connectivity index (χ1n) is 11.2. The van der Waals surface area contributed by atoms with Crippen LogP contribution in [-0.2, 0) is 16.2 Å². The molecule has 34 heavy (non-hydrogen) atoms. The van der Waals surface area contributed by atoms with E-state index in [2.05, 4.69) is 35.6 Å². The Balaban J connectivity index is 1.52. The summed E-state index contributed by atoms with van der Waals surface area (Å²) in [7, 11) is 0. The van der Waals surface area contributed by atoms with Gasteiger partial charge in [0.25, 0.3) is 5.91 Å². The molecule has 4 heteroatoms. The van der Waals surface area contributed by atoms with Crippen molar-refractivity contribution < 1.29 is 14.3 Å². The topological polar surface area (TPSA) is 55.4 Å². The predicted molar refractivity (Wildman–Crippen MR) is 134 cm³/mol. The Morgan fingerprint density at radius 2 is 1.47 bits per heavy atom. The van der Waals surface area contributed by atoms with Crippen molar-refractivity contribution in [3.05, 3.63) is 120 Å². The summed E-state index contributed by atoms with van der Waals surface area (Å²) in [5.41, 5.74) is 6.50. The first-order chi connectivity index (χ1) is 16.7. The molecule has 0 saturated carbocycles. The summed E-state index contributed by atoms with van der Waals surface area (Å²) in [5, 5.41) is 2.37. The molecular weight excluding hydrogens is 422 g/mol. The van der Waals surface area contributed by atoms with Crippen molar-refractivity contribution in [1.82, 2.24) is 5.32 Å². The third-order valence-corrected chi connectivity index (χ3v) is 5.78. The SMILES string of the molecule is O=C1C/C(=C/c2cc(-c3ccccc3)ccc2-c2cccc(OCc3ccccc3)c2)C(=O)N1. The van der Waals surface area contributed by atoms with Gasteiger partial charge in [0.2, 0.25) is 5.91 Å². The number of nitrogens with one attached hydrogen (secondary N) is 1. The lowest BCUT2D eigenvalue weighted by atomic mass is 9.93. The number of carbonyl (C=O) groups excluding carboxylic acids is 2. The number of hydrogen-bond donors (Lipinski definition) is 1. The summed E-state index contributed by atoms with van der Waals surface area (Å²) in [6, 6.07) is 34.2. The highest BCUT2D eigenvalue weighted by Gasteiger charge is 2.24. The minimum atomic E-state index is -0.332. The van der Waals surface area contributed by atoms with Crippen LogP contribution in [0.3, 0.4) is 0 Å². The molecule has 1 saturated heterocycles. The van der Waals surface area contributed by atoms with Crippen LogP contribution in [0.2, 0.25) is 0 Å². The fourth-order valence-electron chi connectivity index (χ4n) is 4.06. The molecule has 1 fully saturated rings. The van der Waals surface area contributed by atoms with Crippen LogP contribution in [0.4, 0.5) is 0 Å². The van der Waals surface area contributed by atoms with Crippen LogP contribution in [0.15, 0.2) is 109 Å². The van der Waals surface area contributed by atoms with Crippen molar-refractivity contribution in [2.24, 2.45) is 0 Å². The molecule has 0 aromatic heterocycles. The van der Waals surface area contributed by atoms with Crippen molar-refractivity contribution in [3.8, 4) is 28.0 Å². The zero-order valence-corrected chi connectivity index (χ0v) is 18.5. The first kappa shape index (κ1) is 21.4. The molecular formula is C30H23NO3. The molecule has 0 radical (unpaired) electrons. The van der Waals surface area contributed by atoms with Gasteiger partial charge in [0.15, 0.2) is 0 Å². The van der Waals surface area contributed by atoms with Gasteiger partial charge < -0.3 is 4.74 Å². The second kappa shape index (κ2) is 9.59. The first-order valence-corrected chi connectivity index (χ1v) is 11.2. The molecule has 0 atom stereocenters. The molecule has 166 valence electrons. The van der Waals surface area contributed by atoms with Gasteiger partial charge in [0.1, 0.15) is 12.4 Å². The summed E-state index contributed by atoms with van der Waals surface area (Å²) in [6.07, 6.45) is 1.91. The third-order valence-electron chi connectivity index (χ3n) is 5.78. The van der Waals surface area contributed by atoms with Crippen LogP contribution >= 0.6 is 0 Å². The number of imide groups is 1. The van der Waals surface area contributed by atoms with Gasteiger partial charge in [-0.3, -0.25) is 14.9 Å². The summed E-state index contributed by atoms with van der Waals surface area (Å²) < 4.78 is 6.03. The quantitative estimate of drug-likeness (QED) is 0.291. The Morgan fingerprint density at radius 1 is 0.735 bits per heavy atom. The lowest BCUT2D eigenvalue weighted by molar-refractivity contribution is -0.124. The van der Waals surface area contributed by atoms with E-state index >= 15 is 0 Å². The van der Waals surface area contributed by atoms with Crippen LogP contribution in [0.5, 0.6) is 5.75 Å². The lowest BCUT2D eigenvalue weighted by Crippen LogP contribution is -2.19. The zero-order chi connectivity index (χ0) is 23.3. The van der Waals surface area contributed by atoms with Crippen LogP contribution in [0, 0.1) is 0 Å². The van der Waals surface area contributed by atoms with Gasteiger partial charge in [0, 0.05) is 5.57 Å². The van der Waals surface area contributed by atoms with E-state index in [9.17, 15) is 9.59 Å². The molecule has 4 aromatic rings. The average molecular weight is 446 g/mol. The summed E-state index contributed by atoms with van der Waals surface area (Å²) in [6.45, 7) is 0.483. The van der Waals surface area contributed by atoms with Crippen molar-refractivity contribution in [1.29, 1.82) is 0 Å². The third kappa shape index (κ3) is 4.81. The summed E-state index contributed by atoms with van der Waals surface area (Å²) >= 11 is 0. The Morgan fingerprint density at radius 3 is 2.21 bits per heavy atom. The largest absolute Gasteiger partial charge is 0.489 e. The van der Waals surface area contributed by atoms with Crippen molar-refractivity contribution in [2.75, 3.05) is 0 Å². The molecule has 0 unspecified atom stereocenters. The highest BCUT2D eigenvalue weighted by atomic mass is 16.5. The minimum absolute atomic E-state index is 0.0913. The summed E-state index contributed by atoms with van der Waals surface area (Å²) in [4.78, 5) is 24.0. The van der Waals surface area contributed by atoms with Gasteiger partial charge in [-0.1, -0.05) is 84.9 Å². The number of carbonyl (C=O) groups is 2. The van der Waals surface area contributed by atoms with E-state index in [1.54, 1.807) is 0 Å². The molecule has 4 nitrogen and oxygen atoms in total. The smallest absolute Gasteiger partial charge is 0.254 e. The fourth-order valence-corrected chi connectivity index (χ4v) is 4.06. The van der Waals surface area contributed by atoms with Gasteiger partial charge in [-0.05, 0) is 57.7 Å². The van der Waals surface area contributed by atoms with Crippen LogP contribution in [0.25, 0.3) is 28.3 Å². The Hall–Kier alpha value is -4.44. The monoisotopic (exact) mass is 445 g/mol. The lowest BCUT2D eigenvalue weighted by Gasteiger charge is -2.13. The molecule has 2 amide bonds. The standard InChI is InChI=1S/C30H23NO3/c32-29-19-26(30(33)31-29)17-25-16-23(22-10-5-2-6-11-22)14-15-28(25)24-12-7-13-27(18-24)34-20-21-8-3-1-4-9-21/h1-18H,19-20H2,(H,31,32,33)/b26-17-. The molecule has 0 aliphatic carbocycles. The van der Waals surface area contributed by atoms with Crippen LogP contribution in [0.1, 0.15) is 17.5 Å². The van der Waals surface area contributed by atoms with Crippen LogP contribution in [-0.4, -0.2) is 11.8 Å². The highest BCUT2D eigenvalue weighted by molar-refractivity contribution is 6.16. The second-order valence-electron chi connectivity index (χ2n) is 8.19. The molecule has 1 aliphatic heterocycles. The Kier molecular flexibility index (Phi) is 6.04. The number of hydrogen-bond acceptors (Lipinski definition) is 3. The maximum atomic E-state index is 12.2. The number of rotatable bonds is 6. The van der Waals surface area contributed by atoms with Gasteiger partial charge in [-0.25, -0.2) is 0 Å². The van der Waals surface area contributed by atoms with E-state index in [0.29, 0.717) is 12.2 Å². The van der Waals surface area contributed by atoms with Crippen molar-refractivity contribution in [2.45, 2.75) is 13.0 Å². The molecule has 1 aliphatic rings. The molecule has 1 N–H and O–H groups in total. The second-order valence-corrected chi connectivity index (χ2v) is 8.19. The molecule has 0 spiro atoms. The van der Waals surface area contributed by atoms with Gasteiger partial charge in [-0.15, -0.1) is 0 Å². The summed E-state index contributed by atoms with van der Waals surface area (Å²) in [5.74, 6) is 0.162.